The van der Waals surface area contributed by atoms with E-state index in [0.29, 0.717) is 31.1 Å². The molecule has 3 rings (SSSR count). The number of benzene rings is 1. The number of aromatic amines is 1. The molecule has 0 saturated carbocycles. The molecule has 2 heterocycles. The lowest BCUT2D eigenvalue weighted by atomic mass is 10.1. The van der Waals surface area contributed by atoms with Crippen LogP contribution in [-0.4, -0.2) is 46.8 Å². The van der Waals surface area contributed by atoms with Crippen LogP contribution in [0.1, 0.15) is 17.4 Å². The molecule has 1 unspecified atom stereocenters. The van der Waals surface area contributed by atoms with E-state index in [1.165, 1.54) is 12.1 Å². The fourth-order valence-corrected chi connectivity index (χ4v) is 2.38. The molecule has 0 radical (unpaired) electrons. The number of hydrogen-bond acceptors (Lipinski definition) is 3. The van der Waals surface area contributed by atoms with Crippen LogP contribution in [0.25, 0.3) is 11.3 Å². The summed E-state index contributed by atoms with van der Waals surface area (Å²) in [4.78, 5) is 14.2. The van der Waals surface area contributed by atoms with Crippen molar-refractivity contribution in [3.8, 4) is 11.3 Å². The van der Waals surface area contributed by atoms with Gasteiger partial charge in [-0.3, -0.25) is 9.89 Å². The fraction of sp³-hybridized carbons (Fsp3) is 0.333. The van der Waals surface area contributed by atoms with Gasteiger partial charge in [0.05, 0.1) is 24.9 Å². The first-order chi connectivity index (χ1) is 10.1. The van der Waals surface area contributed by atoms with Crippen LogP contribution >= 0.6 is 0 Å². The van der Waals surface area contributed by atoms with Crippen molar-refractivity contribution < 1.29 is 13.9 Å². The standard InChI is InChI=1S/C15H16FN3O2/c1-10-9-21-7-6-19(10)15(20)14-8-13(17-18-14)11-2-4-12(16)5-3-11/h2-5,8,10H,6-7,9H2,1H3,(H,17,18). The van der Waals surface area contributed by atoms with Crippen molar-refractivity contribution >= 4 is 5.91 Å². The van der Waals surface area contributed by atoms with Crippen molar-refractivity contribution in [1.29, 1.82) is 0 Å². The number of H-pyrrole nitrogens is 1. The highest BCUT2D eigenvalue weighted by Crippen LogP contribution is 2.19. The van der Waals surface area contributed by atoms with Crippen LogP contribution in [0.15, 0.2) is 30.3 Å². The summed E-state index contributed by atoms with van der Waals surface area (Å²) in [6.07, 6.45) is 0. The van der Waals surface area contributed by atoms with Gasteiger partial charge < -0.3 is 9.64 Å². The number of halogens is 1. The zero-order valence-corrected chi connectivity index (χ0v) is 11.7. The Kier molecular flexibility index (Phi) is 3.70. The predicted molar refractivity (Wildman–Crippen MR) is 75.3 cm³/mol. The molecule has 110 valence electrons. The highest BCUT2D eigenvalue weighted by Gasteiger charge is 2.26. The lowest BCUT2D eigenvalue weighted by molar-refractivity contribution is 0.00327. The summed E-state index contributed by atoms with van der Waals surface area (Å²) >= 11 is 0. The summed E-state index contributed by atoms with van der Waals surface area (Å²) in [6, 6.07) is 7.75. The number of rotatable bonds is 2. The minimum Gasteiger partial charge on any atom is -0.377 e. The lowest BCUT2D eigenvalue weighted by Gasteiger charge is -2.32. The Morgan fingerprint density at radius 1 is 1.43 bits per heavy atom. The number of ether oxygens (including phenoxy) is 1. The number of amides is 1. The summed E-state index contributed by atoms with van der Waals surface area (Å²) in [5, 5.41) is 6.89. The van der Waals surface area contributed by atoms with E-state index in [9.17, 15) is 9.18 Å². The van der Waals surface area contributed by atoms with Crippen LogP contribution in [0.5, 0.6) is 0 Å². The average Bonchev–Trinajstić information content (AvgIpc) is 2.98. The van der Waals surface area contributed by atoms with Crippen molar-refractivity contribution in [2.24, 2.45) is 0 Å². The molecule has 1 amide bonds. The Balaban J connectivity index is 1.81. The molecule has 1 aliphatic rings. The molecule has 6 heteroatoms. The molecular weight excluding hydrogens is 273 g/mol. The number of hydrogen-bond donors (Lipinski definition) is 1. The number of aromatic nitrogens is 2. The molecule has 0 spiro atoms. The van der Waals surface area contributed by atoms with Crippen LogP contribution < -0.4 is 0 Å². The summed E-state index contributed by atoms with van der Waals surface area (Å²) in [6.45, 7) is 3.62. The quantitative estimate of drug-likeness (QED) is 0.921. The van der Waals surface area contributed by atoms with E-state index in [1.807, 2.05) is 6.92 Å². The van der Waals surface area contributed by atoms with E-state index in [0.717, 1.165) is 5.56 Å². The first-order valence-corrected chi connectivity index (χ1v) is 6.85. The molecule has 5 nitrogen and oxygen atoms in total. The first-order valence-electron chi connectivity index (χ1n) is 6.85. The van der Waals surface area contributed by atoms with E-state index in [1.54, 1.807) is 23.1 Å². The maximum Gasteiger partial charge on any atom is 0.272 e. The maximum atomic E-state index is 12.9. The highest BCUT2D eigenvalue weighted by atomic mass is 19.1. The third kappa shape index (κ3) is 2.80. The van der Waals surface area contributed by atoms with Crippen LogP contribution in [0.3, 0.4) is 0 Å². The van der Waals surface area contributed by atoms with E-state index < -0.39 is 0 Å². The molecule has 21 heavy (non-hydrogen) atoms. The summed E-state index contributed by atoms with van der Waals surface area (Å²) in [7, 11) is 0. The molecule has 2 aromatic rings. The zero-order chi connectivity index (χ0) is 14.8. The van der Waals surface area contributed by atoms with Crippen LogP contribution in [0.4, 0.5) is 4.39 Å². The molecule has 1 saturated heterocycles. The minimum atomic E-state index is -0.298. The second kappa shape index (κ2) is 5.65. The van der Waals surface area contributed by atoms with Crippen LogP contribution in [0, 0.1) is 5.82 Å². The number of morpholine rings is 1. The smallest absolute Gasteiger partial charge is 0.272 e. The largest absolute Gasteiger partial charge is 0.377 e. The number of nitrogens with zero attached hydrogens (tertiary/aromatic N) is 2. The lowest BCUT2D eigenvalue weighted by Crippen LogP contribution is -2.47. The SMILES string of the molecule is CC1COCCN1C(=O)c1cc(-c2ccc(F)cc2)n[nH]1. The van der Waals surface area contributed by atoms with Gasteiger partial charge in [0.2, 0.25) is 0 Å². The van der Waals surface area contributed by atoms with Crippen molar-refractivity contribution in [3.63, 3.8) is 0 Å². The second-order valence-corrected chi connectivity index (χ2v) is 5.10. The van der Waals surface area contributed by atoms with Crippen LogP contribution in [-0.2, 0) is 4.74 Å². The Bertz CT molecular complexity index is 639. The van der Waals surface area contributed by atoms with Gasteiger partial charge in [0.15, 0.2) is 0 Å². The van der Waals surface area contributed by atoms with Gasteiger partial charge in [-0.2, -0.15) is 5.10 Å². The minimum absolute atomic E-state index is 0.0452. The predicted octanol–water partition coefficient (Wildman–Crippen LogP) is 2.08. The van der Waals surface area contributed by atoms with Crippen molar-refractivity contribution in [3.05, 3.63) is 41.8 Å². The van der Waals surface area contributed by atoms with Gasteiger partial charge >= 0.3 is 0 Å². The monoisotopic (exact) mass is 289 g/mol. The summed E-state index contributed by atoms with van der Waals surface area (Å²) < 4.78 is 18.2. The Morgan fingerprint density at radius 3 is 2.90 bits per heavy atom. The van der Waals surface area contributed by atoms with Crippen molar-refractivity contribution in [2.75, 3.05) is 19.8 Å². The zero-order valence-electron chi connectivity index (χ0n) is 11.7. The van der Waals surface area contributed by atoms with E-state index in [4.69, 9.17) is 4.74 Å². The second-order valence-electron chi connectivity index (χ2n) is 5.10. The fourth-order valence-electron chi connectivity index (χ4n) is 2.38. The van der Waals surface area contributed by atoms with E-state index in [2.05, 4.69) is 10.2 Å². The molecule has 0 aliphatic carbocycles. The van der Waals surface area contributed by atoms with Gasteiger partial charge in [-0.1, -0.05) is 0 Å². The van der Waals surface area contributed by atoms with Gasteiger partial charge in [-0.05, 0) is 37.3 Å². The molecule has 0 bridgehead atoms. The van der Waals surface area contributed by atoms with Gasteiger partial charge in [0, 0.05) is 12.1 Å². The third-order valence-electron chi connectivity index (χ3n) is 3.58. The van der Waals surface area contributed by atoms with Gasteiger partial charge in [0.1, 0.15) is 11.5 Å². The molecule has 1 atom stereocenters. The van der Waals surface area contributed by atoms with E-state index in [-0.39, 0.29) is 17.8 Å². The maximum absolute atomic E-state index is 12.9. The molecule has 1 aliphatic heterocycles. The number of nitrogens with one attached hydrogen (secondary N) is 1. The van der Waals surface area contributed by atoms with Gasteiger partial charge in [-0.15, -0.1) is 0 Å². The average molecular weight is 289 g/mol. The van der Waals surface area contributed by atoms with Crippen molar-refractivity contribution in [2.45, 2.75) is 13.0 Å². The Hall–Kier alpha value is -2.21. The summed E-state index contributed by atoms with van der Waals surface area (Å²) in [5.74, 6) is -0.389. The summed E-state index contributed by atoms with van der Waals surface area (Å²) in [5.41, 5.74) is 1.82. The number of carbonyl (C=O) groups excluding carboxylic acids is 1. The van der Waals surface area contributed by atoms with Crippen LogP contribution in [0.2, 0.25) is 0 Å². The first kappa shape index (κ1) is 13.8. The molecular formula is C15H16FN3O2. The van der Waals surface area contributed by atoms with Gasteiger partial charge in [-0.25, -0.2) is 4.39 Å². The molecule has 1 fully saturated rings. The Morgan fingerprint density at radius 2 is 2.19 bits per heavy atom. The topological polar surface area (TPSA) is 58.2 Å². The van der Waals surface area contributed by atoms with Crippen molar-refractivity contribution in [1.82, 2.24) is 15.1 Å². The molecule has 1 N–H and O–H groups in total. The normalized spacial score (nSPS) is 18.8. The molecule has 1 aromatic carbocycles. The van der Waals surface area contributed by atoms with E-state index >= 15 is 0 Å². The highest BCUT2D eigenvalue weighted by molar-refractivity contribution is 5.93. The number of carbonyl (C=O) groups is 1. The van der Waals surface area contributed by atoms with Gasteiger partial charge in [0.25, 0.3) is 5.91 Å². The third-order valence-corrected chi connectivity index (χ3v) is 3.58. The Labute approximate surface area is 121 Å². The molecule has 1 aromatic heterocycles.